The van der Waals surface area contributed by atoms with Gasteiger partial charge in [-0.1, -0.05) is 28.1 Å². The molecule has 0 saturated carbocycles. The average molecular weight is 264 g/mol. The van der Waals surface area contributed by atoms with Crippen LogP contribution in [-0.2, 0) is 6.54 Å². The zero-order chi connectivity index (χ0) is 11.1. The SMILES string of the molecule is N#CCN(CC#N)Cc1cccc(Br)c1. The molecule has 15 heavy (non-hydrogen) atoms. The molecule has 1 aromatic carbocycles. The van der Waals surface area contributed by atoms with Crippen LogP contribution in [0.3, 0.4) is 0 Å². The first-order valence-corrected chi connectivity index (χ1v) is 5.26. The summed E-state index contributed by atoms with van der Waals surface area (Å²) in [4.78, 5) is 1.79. The van der Waals surface area contributed by atoms with Crippen molar-refractivity contribution in [2.45, 2.75) is 6.54 Å². The minimum absolute atomic E-state index is 0.278. The first-order chi connectivity index (χ1) is 7.26. The van der Waals surface area contributed by atoms with E-state index in [-0.39, 0.29) is 13.1 Å². The third-order valence-corrected chi connectivity index (χ3v) is 2.38. The zero-order valence-electron chi connectivity index (χ0n) is 8.15. The smallest absolute Gasteiger partial charge is 0.0877 e. The minimum atomic E-state index is 0.278. The Balaban J connectivity index is 2.66. The quantitative estimate of drug-likeness (QED) is 0.784. The lowest BCUT2D eigenvalue weighted by molar-refractivity contribution is 0.335. The highest BCUT2D eigenvalue weighted by atomic mass is 79.9. The van der Waals surface area contributed by atoms with Gasteiger partial charge in [0, 0.05) is 11.0 Å². The van der Waals surface area contributed by atoms with Crippen LogP contribution in [-0.4, -0.2) is 18.0 Å². The summed E-state index contributed by atoms with van der Waals surface area (Å²) in [6.07, 6.45) is 0. The van der Waals surface area contributed by atoms with Gasteiger partial charge >= 0.3 is 0 Å². The Kier molecular flexibility index (Phi) is 4.83. The van der Waals surface area contributed by atoms with Crippen molar-refractivity contribution >= 4 is 15.9 Å². The summed E-state index contributed by atoms with van der Waals surface area (Å²) in [6.45, 7) is 1.18. The van der Waals surface area contributed by atoms with Crippen LogP contribution in [0.15, 0.2) is 28.7 Å². The fourth-order valence-corrected chi connectivity index (χ4v) is 1.71. The minimum Gasteiger partial charge on any atom is -0.273 e. The van der Waals surface area contributed by atoms with Gasteiger partial charge in [0.2, 0.25) is 0 Å². The van der Waals surface area contributed by atoms with Crippen LogP contribution in [0.2, 0.25) is 0 Å². The third kappa shape index (κ3) is 4.12. The lowest BCUT2D eigenvalue weighted by Crippen LogP contribution is -2.23. The van der Waals surface area contributed by atoms with Crippen LogP contribution >= 0.6 is 15.9 Å². The lowest BCUT2D eigenvalue weighted by atomic mass is 10.2. The van der Waals surface area contributed by atoms with Crippen LogP contribution in [0.1, 0.15) is 5.56 Å². The zero-order valence-corrected chi connectivity index (χ0v) is 9.74. The Morgan fingerprint density at radius 2 is 1.87 bits per heavy atom. The maximum absolute atomic E-state index is 8.59. The molecule has 0 aliphatic rings. The molecule has 0 amide bonds. The predicted molar refractivity (Wildman–Crippen MR) is 60.6 cm³/mol. The van der Waals surface area contributed by atoms with Crippen LogP contribution in [0.5, 0.6) is 0 Å². The highest BCUT2D eigenvalue weighted by Crippen LogP contribution is 2.13. The van der Waals surface area contributed by atoms with Crippen LogP contribution in [0, 0.1) is 22.7 Å². The Bertz CT molecular complexity index is 387. The van der Waals surface area contributed by atoms with Crippen molar-refractivity contribution < 1.29 is 0 Å². The van der Waals surface area contributed by atoms with Crippen molar-refractivity contribution in [1.82, 2.24) is 4.90 Å². The molecule has 0 N–H and O–H groups in total. The van der Waals surface area contributed by atoms with Crippen molar-refractivity contribution in [3.8, 4) is 12.1 Å². The summed E-state index contributed by atoms with van der Waals surface area (Å²) in [5, 5.41) is 17.2. The summed E-state index contributed by atoms with van der Waals surface area (Å²) in [6, 6.07) is 12.0. The number of hydrogen-bond acceptors (Lipinski definition) is 3. The molecular weight excluding hydrogens is 254 g/mol. The van der Waals surface area contributed by atoms with E-state index in [1.54, 1.807) is 4.90 Å². The van der Waals surface area contributed by atoms with Gasteiger partial charge in [0.15, 0.2) is 0 Å². The van der Waals surface area contributed by atoms with E-state index in [4.69, 9.17) is 10.5 Å². The Hall–Kier alpha value is -1.36. The number of halogens is 1. The lowest BCUT2D eigenvalue weighted by Gasteiger charge is -2.14. The molecule has 1 rings (SSSR count). The van der Waals surface area contributed by atoms with E-state index >= 15 is 0 Å². The number of hydrogen-bond donors (Lipinski definition) is 0. The summed E-state index contributed by atoms with van der Waals surface area (Å²) >= 11 is 3.38. The van der Waals surface area contributed by atoms with E-state index in [1.165, 1.54) is 0 Å². The van der Waals surface area contributed by atoms with Gasteiger partial charge in [0.1, 0.15) is 0 Å². The largest absolute Gasteiger partial charge is 0.273 e. The second kappa shape index (κ2) is 6.19. The first kappa shape index (κ1) is 11.7. The van der Waals surface area contributed by atoms with Crippen LogP contribution in [0.4, 0.5) is 0 Å². The molecule has 4 heteroatoms. The molecule has 1 aromatic rings. The summed E-state index contributed by atoms with van der Waals surface area (Å²) < 4.78 is 1.01. The molecule has 0 radical (unpaired) electrons. The monoisotopic (exact) mass is 263 g/mol. The van der Waals surface area contributed by atoms with Gasteiger partial charge in [0.05, 0.1) is 25.2 Å². The molecular formula is C11H10BrN3. The molecule has 0 fully saturated rings. The van der Waals surface area contributed by atoms with E-state index in [0.29, 0.717) is 6.54 Å². The highest BCUT2D eigenvalue weighted by Gasteiger charge is 2.04. The molecule has 0 spiro atoms. The topological polar surface area (TPSA) is 50.8 Å². The predicted octanol–water partition coefficient (Wildman–Crippen LogP) is 2.30. The van der Waals surface area contributed by atoms with Gasteiger partial charge in [-0.2, -0.15) is 10.5 Å². The molecule has 76 valence electrons. The maximum atomic E-state index is 8.59. The highest BCUT2D eigenvalue weighted by molar-refractivity contribution is 9.10. The number of rotatable bonds is 4. The first-order valence-electron chi connectivity index (χ1n) is 4.47. The Morgan fingerprint density at radius 3 is 2.40 bits per heavy atom. The van der Waals surface area contributed by atoms with Gasteiger partial charge in [-0.3, -0.25) is 4.90 Å². The number of nitrogens with zero attached hydrogens (tertiary/aromatic N) is 3. The van der Waals surface area contributed by atoms with Gasteiger partial charge in [-0.15, -0.1) is 0 Å². The van der Waals surface area contributed by atoms with E-state index in [0.717, 1.165) is 10.0 Å². The summed E-state index contributed by atoms with van der Waals surface area (Å²) in [7, 11) is 0. The average Bonchev–Trinajstić information content (AvgIpc) is 2.18. The third-order valence-electron chi connectivity index (χ3n) is 1.88. The van der Waals surface area contributed by atoms with Crippen molar-refractivity contribution in [1.29, 1.82) is 10.5 Å². The fraction of sp³-hybridized carbons (Fsp3) is 0.273. The second-order valence-corrected chi connectivity index (χ2v) is 4.01. The van der Waals surface area contributed by atoms with E-state index in [2.05, 4.69) is 28.1 Å². The molecule has 0 atom stereocenters. The van der Waals surface area contributed by atoms with Gasteiger partial charge < -0.3 is 0 Å². The molecule has 0 saturated heterocycles. The molecule has 0 aromatic heterocycles. The van der Waals surface area contributed by atoms with Crippen LogP contribution < -0.4 is 0 Å². The Morgan fingerprint density at radius 1 is 1.20 bits per heavy atom. The van der Waals surface area contributed by atoms with Crippen LogP contribution in [0.25, 0.3) is 0 Å². The normalized spacial score (nSPS) is 9.60. The molecule has 0 unspecified atom stereocenters. The standard InChI is InChI=1S/C11H10BrN3/c12-11-3-1-2-10(8-11)9-15(6-4-13)7-5-14/h1-3,8H,6-7,9H2. The summed E-state index contributed by atoms with van der Waals surface area (Å²) in [5.41, 5.74) is 1.09. The molecule has 0 aliphatic heterocycles. The van der Waals surface area contributed by atoms with Crippen molar-refractivity contribution in [2.75, 3.05) is 13.1 Å². The number of benzene rings is 1. The van der Waals surface area contributed by atoms with E-state index < -0.39 is 0 Å². The van der Waals surface area contributed by atoms with Crippen molar-refractivity contribution in [2.24, 2.45) is 0 Å². The van der Waals surface area contributed by atoms with Crippen molar-refractivity contribution in [3.05, 3.63) is 34.3 Å². The van der Waals surface area contributed by atoms with Gasteiger partial charge in [-0.25, -0.2) is 0 Å². The molecule has 3 nitrogen and oxygen atoms in total. The molecule has 0 heterocycles. The molecule has 0 bridgehead atoms. The van der Waals surface area contributed by atoms with E-state index in [1.807, 2.05) is 24.3 Å². The fourth-order valence-electron chi connectivity index (χ4n) is 1.26. The second-order valence-electron chi connectivity index (χ2n) is 3.09. The maximum Gasteiger partial charge on any atom is 0.0877 e. The number of nitriles is 2. The summed E-state index contributed by atoms with van der Waals surface area (Å²) in [5.74, 6) is 0. The van der Waals surface area contributed by atoms with E-state index in [9.17, 15) is 0 Å². The van der Waals surface area contributed by atoms with Gasteiger partial charge in [-0.05, 0) is 17.7 Å². The Labute approximate surface area is 97.7 Å². The molecule has 0 aliphatic carbocycles. The van der Waals surface area contributed by atoms with Gasteiger partial charge in [0.25, 0.3) is 0 Å². The van der Waals surface area contributed by atoms with Crippen molar-refractivity contribution in [3.63, 3.8) is 0 Å².